The molecule has 0 saturated carbocycles. The highest BCUT2D eigenvalue weighted by Gasteiger charge is 2.20. The first-order chi connectivity index (χ1) is 16.8. The number of carbonyl (C=O) groups excluding carboxylic acids is 1. The number of rotatable bonds is 11. The van der Waals surface area contributed by atoms with Gasteiger partial charge in [0.15, 0.2) is 11.0 Å². The Morgan fingerprint density at radius 1 is 1.34 bits per heavy atom. The Balaban J connectivity index is 1.62. The minimum atomic E-state index is -0.586. The molecule has 0 unspecified atom stereocenters. The fourth-order valence-corrected chi connectivity index (χ4v) is 4.06. The van der Waals surface area contributed by atoms with Crippen LogP contribution in [0.15, 0.2) is 65.4 Å². The molecule has 0 fully saturated rings. The molecule has 0 aliphatic heterocycles. The molecule has 1 amide bonds. The van der Waals surface area contributed by atoms with Crippen molar-refractivity contribution in [3.63, 3.8) is 0 Å². The van der Waals surface area contributed by atoms with Crippen LogP contribution in [0.25, 0.3) is 0 Å². The third-order valence-corrected chi connectivity index (χ3v) is 6.45. The van der Waals surface area contributed by atoms with Crippen molar-refractivity contribution in [3.8, 4) is 5.75 Å². The van der Waals surface area contributed by atoms with Crippen molar-refractivity contribution in [2.75, 3.05) is 5.32 Å². The summed E-state index contributed by atoms with van der Waals surface area (Å²) in [5.41, 5.74) is 3.23. The van der Waals surface area contributed by atoms with Gasteiger partial charge < -0.3 is 15.0 Å². The number of carbonyl (C=O) groups is 1. The molecule has 2 aromatic carbocycles. The molecule has 0 radical (unpaired) electrons. The number of nitrogens with zero attached hydrogens (tertiary/aromatic N) is 5. The van der Waals surface area contributed by atoms with Crippen LogP contribution in [0.4, 0.5) is 11.4 Å². The maximum absolute atomic E-state index is 12.5. The van der Waals surface area contributed by atoms with Crippen molar-refractivity contribution in [3.05, 3.63) is 80.2 Å². The van der Waals surface area contributed by atoms with Crippen molar-refractivity contribution in [1.82, 2.24) is 20.2 Å². The SMILES string of the molecule is C=CCn1c(CNc2ccc(I)cc2)nnc1S[C@@H](C)C(=O)N/N=C/c1cc([N+](=O)[O-])ccc1O. The Hall–Kier alpha value is -3.46. The van der Waals surface area contributed by atoms with E-state index in [9.17, 15) is 20.0 Å². The van der Waals surface area contributed by atoms with Gasteiger partial charge in [-0.05, 0) is 59.8 Å². The van der Waals surface area contributed by atoms with E-state index < -0.39 is 16.1 Å². The Bertz CT molecular complexity index is 1250. The molecule has 13 heteroatoms. The first kappa shape index (κ1) is 26.2. The zero-order valence-electron chi connectivity index (χ0n) is 18.6. The molecule has 182 valence electrons. The largest absolute Gasteiger partial charge is 0.507 e. The minimum Gasteiger partial charge on any atom is -0.507 e. The number of aromatic hydroxyl groups is 1. The van der Waals surface area contributed by atoms with Crippen LogP contribution < -0.4 is 10.7 Å². The standard InChI is InChI=1S/C22H22IN7O4S/c1-3-10-29-20(13-24-17-6-4-16(23)5-7-17)26-28-22(29)35-14(2)21(32)27-25-12-15-11-18(30(33)34)8-9-19(15)31/h3-9,11-12,14,24,31H,1,10,13H2,2H3,(H,27,32)/b25-12+/t14-/m0/s1. The molecule has 1 heterocycles. The van der Waals surface area contributed by atoms with E-state index in [2.05, 4.69) is 55.2 Å². The van der Waals surface area contributed by atoms with Gasteiger partial charge in [0.2, 0.25) is 0 Å². The second-order valence-corrected chi connectivity index (χ2v) is 9.71. The van der Waals surface area contributed by atoms with Gasteiger partial charge in [-0.15, -0.1) is 16.8 Å². The van der Waals surface area contributed by atoms with E-state index in [1.807, 2.05) is 28.8 Å². The summed E-state index contributed by atoms with van der Waals surface area (Å²) in [7, 11) is 0. The van der Waals surface area contributed by atoms with E-state index in [0.717, 1.165) is 21.5 Å². The number of amides is 1. The molecule has 11 nitrogen and oxygen atoms in total. The van der Waals surface area contributed by atoms with Gasteiger partial charge in [0, 0.05) is 33.5 Å². The van der Waals surface area contributed by atoms with E-state index in [0.29, 0.717) is 24.1 Å². The highest BCUT2D eigenvalue weighted by molar-refractivity contribution is 14.1. The number of hydrogen-bond donors (Lipinski definition) is 3. The molecule has 1 atom stereocenters. The lowest BCUT2D eigenvalue weighted by Crippen LogP contribution is -2.27. The fourth-order valence-electron chi connectivity index (χ4n) is 2.83. The second kappa shape index (κ2) is 12.3. The molecule has 0 aliphatic rings. The maximum atomic E-state index is 12.5. The Morgan fingerprint density at radius 2 is 2.09 bits per heavy atom. The maximum Gasteiger partial charge on any atom is 0.270 e. The normalized spacial score (nSPS) is 11.8. The molecule has 0 bridgehead atoms. The zero-order valence-corrected chi connectivity index (χ0v) is 21.6. The van der Waals surface area contributed by atoms with E-state index in [4.69, 9.17) is 0 Å². The molecule has 0 saturated heterocycles. The van der Waals surface area contributed by atoms with E-state index >= 15 is 0 Å². The van der Waals surface area contributed by atoms with Crippen LogP contribution in [0.3, 0.4) is 0 Å². The molecule has 0 spiro atoms. The second-order valence-electron chi connectivity index (χ2n) is 7.15. The summed E-state index contributed by atoms with van der Waals surface area (Å²) in [6.07, 6.45) is 2.87. The van der Waals surface area contributed by atoms with Crippen LogP contribution in [-0.4, -0.2) is 42.2 Å². The lowest BCUT2D eigenvalue weighted by atomic mass is 10.2. The summed E-state index contributed by atoms with van der Waals surface area (Å²) in [6.45, 7) is 6.39. The van der Waals surface area contributed by atoms with Crippen LogP contribution in [-0.2, 0) is 17.9 Å². The number of anilines is 1. The van der Waals surface area contributed by atoms with Crippen molar-refractivity contribution >= 4 is 57.8 Å². The summed E-state index contributed by atoms with van der Waals surface area (Å²) in [5.74, 6) is 0.0838. The average molecular weight is 607 g/mol. The number of halogens is 1. The number of hydrazone groups is 1. The number of nitro groups is 1. The molecule has 3 rings (SSSR count). The third-order valence-electron chi connectivity index (χ3n) is 4.65. The lowest BCUT2D eigenvalue weighted by Gasteiger charge is -2.12. The predicted octanol–water partition coefficient (Wildman–Crippen LogP) is 3.93. The van der Waals surface area contributed by atoms with Gasteiger partial charge in [-0.25, -0.2) is 5.43 Å². The highest BCUT2D eigenvalue weighted by atomic mass is 127. The number of nitrogens with one attached hydrogen (secondary N) is 2. The smallest absolute Gasteiger partial charge is 0.270 e. The first-order valence-corrected chi connectivity index (χ1v) is 12.2. The molecular formula is C22H22IN7O4S. The summed E-state index contributed by atoms with van der Waals surface area (Å²) in [4.78, 5) is 22.8. The number of allylic oxidation sites excluding steroid dienone is 1. The van der Waals surface area contributed by atoms with Crippen molar-refractivity contribution in [2.45, 2.75) is 30.4 Å². The lowest BCUT2D eigenvalue weighted by molar-refractivity contribution is -0.384. The van der Waals surface area contributed by atoms with Gasteiger partial charge >= 0.3 is 0 Å². The van der Waals surface area contributed by atoms with Gasteiger partial charge in [0.05, 0.1) is 22.9 Å². The highest BCUT2D eigenvalue weighted by Crippen LogP contribution is 2.24. The van der Waals surface area contributed by atoms with Gasteiger partial charge in [0.25, 0.3) is 11.6 Å². The molecule has 3 N–H and O–H groups in total. The van der Waals surface area contributed by atoms with Crippen LogP contribution in [0.1, 0.15) is 18.3 Å². The molecule has 35 heavy (non-hydrogen) atoms. The number of benzene rings is 2. The van der Waals surface area contributed by atoms with Crippen LogP contribution in [0.5, 0.6) is 5.75 Å². The zero-order chi connectivity index (χ0) is 25.4. The van der Waals surface area contributed by atoms with E-state index in [-0.39, 0.29) is 17.0 Å². The average Bonchev–Trinajstić information content (AvgIpc) is 3.20. The van der Waals surface area contributed by atoms with Gasteiger partial charge in [0.1, 0.15) is 5.75 Å². The van der Waals surface area contributed by atoms with Crippen molar-refractivity contribution < 1.29 is 14.8 Å². The number of phenolic OH excluding ortho intramolecular Hbond substituents is 1. The number of non-ortho nitro benzene ring substituents is 1. The quantitative estimate of drug-likeness (QED) is 0.0742. The molecular weight excluding hydrogens is 585 g/mol. The predicted molar refractivity (Wildman–Crippen MR) is 143 cm³/mol. The molecule has 3 aromatic rings. The van der Waals surface area contributed by atoms with Crippen molar-refractivity contribution in [1.29, 1.82) is 0 Å². The van der Waals surface area contributed by atoms with Crippen LogP contribution in [0, 0.1) is 13.7 Å². The summed E-state index contributed by atoms with van der Waals surface area (Å²) >= 11 is 3.45. The molecule has 0 aliphatic carbocycles. The number of phenols is 1. The van der Waals surface area contributed by atoms with Crippen LogP contribution >= 0.6 is 34.4 Å². The van der Waals surface area contributed by atoms with Crippen molar-refractivity contribution in [2.24, 2.45) is 5.10 Å². The molecule has 1 aromatic heterocycles. The summed E-state index contributed by atoms with van der Waals surface area (Å²) in [6, 6.07) is 11.5. The topological polar surface area (TPSA) is 148 Å². The number of thioether (sulfide) groups is 1. The Kier molecular flexibility index (Phi) is 9.19. The first-order valence-electron chi connectivity index (χ1n) is 10.3. The monoisotopic (exact) mass is 607 g/mol. The summed E-state index contributed by atoms with van der Waals surface area (Å²) < 4.78 is 3.01. The van der Waals surface area contributed by atoms with E-state index in [1.54, 1.807) is 13.0 Å². The third kappa shape index (κ3) is 7.26. The van der Waals surface area contributed by atoms with Gasteiger partial charge in [-0.2, -0.15) is 5.10 Å². The Morgan fingerprint density at radius 3 is 2.77 bits per heavy atom. The minimum absolute atomic E-state index is 0.107. The Labute approximate surface area is 219 Å². The number of hydrogen-bond acceptors (Lipinski definition) is 9. The summed E-state index contributed by atoms with van der Waals surface area (Å²) in [5, 5.41) is 36.3. The number of nitro benzene ring substituents is 1. The fraction of sp³-hybridized carbons (Fsp3) is 0.182. The van der Waals surface area contributed by atoms with Gasteiger partial charge in [-0.3, -0.25) is 14.9 Å². The van der Waals surface area contributed by atoms with E-state index in [1.165, 1.54) is 23.9 Å². The van der Waals surface area contributed by atoms with Crippen LogP contribution in [0.2, 0.25) is 0 Å². The number of aromatic nitrogens is 3. The van der Waals surface area contributed by atoms with Gasteiger partial charge in [-0.1, -0.05) is 17.8 Å².